The van der Waals surface area contributed by atoms with Gasteiger partial charge >= 0.3 is 0 Å². The monoisotopic (exact) mass is 272 g/mol. The fraction of sp³-hybridized carbons (Fsp3) is 0.100. The van der Waals surface area contributed by atoms with Crippen molar-refractivity contribution in [1.29, 1.82) is 0 Å². The molecule has 0 unspecified atom stereocenters. The van der Waals surface area contributed by atoms with Crippen LogP contribution in [0.5, 0.6) is 5.75 Å². The SMILES string of the molecule is NC1=NC(COc2ccc(Cl)cc2)=CS1(=O)=O. The third-order valence-electron chi connectivity index (χ3n) is 2.04. The summed E-state index contributed by atoms with van der Waals surface area (Å²) in [5.74, 6) is 0.577. The minimum absolute atomic E-state index is 0.0432. The number of sulfone groups is 1. The molecule has 0 aromatic heterocycles. The maximum Gasteiger partial charge on any atom is 0.234 e. The molecule has 0 aliphatic carbocycles. The van der Waals surface area contributed by atoms with Crippen molar-refractivity contribution in [2.75, 3.05) is 6.61 Å². The zero-order valence-corrected chi connectivity index (χ0v) is 10.2. The van der Waals surface area contributed by atoms with Crippen LogP contribution in [0.1, 0.15) is 0 Å². The minimum Gasteiger partial charge on any atom is -0.487 e. The lowest BCUT2D eigenvalue weighted by atomic mass is 10.3. The molecule has 0 radical (unpaired) electrons. The summed E-state index contributed by atoms with van der Waals surface area (Å²) in [5.41, 5.74) is 5.50. The molecule has 0 bridgehead atoms. The van der Waals surface area contributed by atoms with Crippen molar-refractivity contribution in [1.82, 2.24) is 0 Å². The fourth-order valence-electron chi connectivity index (χ4n) is 1.23. The van der Waals surface area contributed by atoms with E-state index in [0.717, 1.165) is 5.41 Å². The number of halogens is 1. The second-order valence-corrected chi connectivity index (χ2v) is 5.53. The van der Waals surface area contributed by atoms with E-state index < -0.39 is 15.0 Å². The Morgan fingerprint density at radius 1 is 1.29 bits per heavy atom. The number of hydrogen-bond donors (Lipinski definition) is 1. The lowest BCUT2D eigenvalue weighted by molar-refractivity contribution is 0.351. The van der Waals surface area contributed by atoms with Crippen LogP contribution in [0.4, 0.5) is 0 Å². The van der Waals surface area contributed by atoms with Crippen LogP contribution in [0, 0.1) is 0 Å². The minimum atomic E-state index is -3.52. The highest BCUT2D eigenvalue weighted by atomic mass is 35.5. The van der Waals surface area contributed by atoms with E-state index >= 15 is 0 Å². The summed E-state index contributed by atoms with van der Waals surface area (Å²) in [6.45, 7) is 0.0432. The molecule has 0 fully saturated rings. The standard InChI is InChI=1S/C10H9ClN2O3S/c11-7-1-3-9(4-2-7)16-5-8-6-17(14,15)10(12)13-8/h1-4,6H,5H2,(H2,12,13). The molecule has 1 aliphatic rings. The van der Waals surface area contributed by atoms with E-state index in [9.17, 15) is 8.42 Å². The molecule has 0 saturated carbocycles. The Kier molecular flexibility index (Phi) is 3.08. The highest BCUT2D eigenvalue weighted by Crippen LogP contribution is 2.18. The predicted octanol–water partition coefficient (Wildman–Crippen LogP) is 1.30. The Morgan fingerprint density at radius 3 is 2.47 bits per heavy atom. The van der Waals surface area contributed by atoms with Crippen molar-refractivity contribution in [3.05, 3.63) is 40.4 Å². The van der Waals surface area contributed by atoms with Crippen LogP contribution >= 0.6 is 11.6 Å². The molecule has 1 aromatic carbocycles. The largest absolute Gasteiger partial charge is 0.487 e. The number of ether oxygens (including phenoxy) is 1. The lowest BCUT2D eigenvalue weighted by Crippen LogP contribution is -2.18. The maximum absolute atomic E-state index is 11.2. The Hall–Kier alpha value is -1.53. The molecule has 2 N–H and O–H groups in total. The van der Waals surface area contributed by atoms with E-state index in [1.54, 1.807) is 24.3 Å². The van der Waals surface area contributed by atoms with Gasteiger partial charge in [0.05, 0.1) is 11.1 Å². The van der Waals surface area contributed by atoms with Crippen LogP contribution in [-0.4, -0.2) is 20.2 Å². The van der Waals surface area contributed by atoms with Gasteiger partial charge < -0.3 is 10.5 Å². The first-order valence-electron chi connectivity index (χ1n) is 4.65. The Balaban J connectivity index is 2.03. The van der Waals surface area contributed by atoms with Crippen molar-refractivity contribution in [3.8, 4) is 5.75 Å². The smallest absolute Gasteiger partial charge is 0.234 e. The number of nitrogens with two attached hydrogens (primary N) is 1. The molecular weight excluding hydrogens is 264 g/mol. The summed E-state index contributed by atoms with van der Waals surface area (Å²) >= 11 is 5.71. The van der Waals surface area contributed by atoms with Crippen LogP contribution < -0.4 is 10.5 Å². The topological polar surface area (TPSA) is 81.8 Å². The zero-order chi connectivity index (χ0) is 12.5. The summed E-state index contributed by atoms with van der Waals surface area (Å²) in [6, 6.07) is 6.71. The molecule has 0 amide bonds. The van der Waals surface area contributed by atoms with E-state index in [2.05, 4.69) is 4.99 Å². The predicted molar refractivity (Wildman–Crippen MR) is 65.6 cm³/mol. The number of benzene rings is 1. The van der Waals surface area contributed by atoms with E-state index in [4.69, 9.17) is 22.1 Å². The number of nitrogens with zero attached hydrogens (tertiary/aromatic N) is 1. The van der Waals surface area contributed by atoms with Gasteiger partial charge in [0.25, 0.3) is 0 Å². The van der Waals surface area contributed by atoms with Crippen molar-refractivity contribution in [2.45, 2.75) is 0 Å². The molecule has 0 atom stereocenters. The average Bonchev–Trinajstić information content (AvgIpc) is 2.52. The number of rotatable bonds is 3. The van der Waals surface area contributed by atoms with E-state index in [0.29, 0.717) is 10.8 Å². The molecule has 7 heteroatoms. The van der Waals surface area contributed by atoms with Gasteiger partial charge in [-0.25, -0.2) is 13.4 Å². The summed E-state index contributed by atoms with van der Waals surface area (Å²) in [4.78, 5) is 3.69. The van der Waals surface area contributed by atoms with E-state index in [1.165, 1.54) is 0 Å². The first kappa shape index (κ1) is 11.9. The lowest BCUT2D eigenvalue weighted by Gasteiger charge is -2.04. The molecule has 1 aromatic rings. The second kappa shape index (κ2) is 4.38. The normalized spacial score (nSPS) is 17.5. The first-order chi connectivity index (χ1) is 7.97. The summed E-state index contributed by atoms with van der Waals surface area (Å²) in [7, 11) is -3.52. The fourth-order valence-corrected chi connectivity index (χ4v) is 2.20. The van der Waals surface area contributed by atoms with Crippen LogP contribution in [0.2, 0.25) is 5.02 Å². The Labute approximate surface area is 103 Å². The molecule has 0 saturated heterocycles. The van der Waals surface area contributed by atoms with Crippen molar-refractivity contribution in [2.24, 2.45) is 10.7 Å². The summed E-state index contributed by atoms with van der Waals surface area (Å²) in [6.07, 6.45) is 0. The van der Waals surface area contributed by atoms with Crippen molar-refractivity contribution in [3.63, 3.8) is 0 Å². The van der Waals surface area contributed by atoms with Gasteiger partial charge in [-0.15, -0.1) is 0 Å². The number of hydrogen-bond acceptors (Lipinski definition) is 5. The van der Waals surface area contributed by atoms with Gasteiger partial charge in [0.1, 0.15) is 12.4 Å². The molecule has 1 aliphatic heterocycles. The van der Waals surface area contributed by atoms with Gasteiger partial charge in [-0.2, -0.15) is 0 Å². The van der Waals surface area contributed by atoms with Gasteiger partial charge in [0.15, 0.2) is 0 Å². The third-order valence-corrected chi connectivity index (χ3v) is 3.55. The molecule has 2 rings (SSSR count). The molecule has 17 heavy (non-hydrogen) atoms. The molecule has 1 heterocycles. The molecule has 0 spiro atoms. The van der Waals surface area contributed by atoms with Gasteiger partial charge in [-0.3, -0.25) is 0 Å². The average molecular weight is 273 g/mol. The zero-order valence-electron chi connectivity index (χ0n) is 8.63. The molecule has 5 nitrogen and oxygen atoms in total. The number of amidine groups is 1. The second-order valence-electron chi connectivity index (χ2n) is 3.35. The summed E-state index contributed by atoms with van der Waals surface area (Å²) < 4.78 is 27.8. The van der Waals surface area contributed by atoms with Gasteiger partial charge in [-0.1, -0.05) is 11.6 Å². The van der Waals surface area contributed by atoms with Crippen LogP contribution in [0.15, 0.2) is 40.4 Å². The van der Waals surface area contributed by atoms with E-state index in [1.807, 2.05) is 0 Å². The summed E-state index contributed by atoms with van der Waals surface area (Å²) in [5, 5.41) is 1.20. The number of aliphatic imine (C=N–C) groups is 1. The van der Waals surface area contributed by atoms with Gasteiger partial charge in [0, 0.05) is 5.02 Å². The van der Waals surface area contributed by atoms with Crippen LogP contribution in [-0.2, 0) is 9.84 Å². The van der Waals surface area contributed by atoms with Crippen LogP contribution in [0.3, 0.4) is 0 Å². The highest BCUT2D eigenvalue weighted by Gasteiger charge is 2.21. The highest BCUT2D eigenvalue weighted by molar-refractivity contribution is 8.09. The van der Waals surface area contributed by atoms with Gasteiger partial charge in [0.2, 0.25) is 15.0 Å². The Morgan fingerprint density at radius 2 is 1.94 bits per heavy atom. The quantitative estimate of drug-likeness (QED) is 0.899. The Bertz CT molecular complexity index is 590. The maximum atomic E-state index is 11.2. The van der Waals surface area contributed by atoms with Gasteiger partial charge in [-0.05, 0) is 24.3 Å². The van der Waals surface area contributed by atoms with Crippen molar-refractivity contribution < 1.29 is 13.2 Å². The van der Waals surface area contributed by atoms with E-state index in [-0.39, 0.29) is 12.3 Å². The first-order valence-corrected chi connectivity index (χ1v) is 6.58. The van der Waals surface area contributed by atoms with Crippen LogP contribution in [0.25, 0.3) is 0 Å². The third kappa shape index (κ3) is 2.78. The molecular formula is C10H9ClN2O3S. The van der Waals surface area contributed by atoms with Crippen molar-refractivity contribution >= 4 is 26.6 Å². The molecule has 90 valence electrons.